The summed E-state index contributed by atoms with van der Waals surface area (Å²) in [7, 11) is 1.96. The van der Waals surface area contributed by atoms with Gasteiger partial charge < -0.3 is 5.11 Å². The van der Waals surface area contributed by atoms with Gasteiger partial charge in [-0.2, -0.15) is 0 Å². The molecule has 0 amide bonds. The lowest BCUT2D eigenvalue weighted by Crippen LogP contribution is -2.42. The van der Waals surface area contributed by atoms with Crippen molar-refractivity contribution in [1.29, 1.82) is 0 Å². The Balaban J connectivity index is 2.53. The highest BCUT2D eigenvalue weighted by Gasteiger charge is 2.27. The molecule has 3 nitrogen and oxygen atoms in total. The van der Waals surface area contributed by atoms with Crippen LogP contribution in [-0.4, -0.2) is 35.1 Å². The van der Waals surface area contributed by atoms with Gasteiger partial charge in [-0.1, -0.05) is 26.7 Å². The molecule has 0 aromatic rings. The predicted molar refractivity (Wildman–Crippen MR) is 70.1 cm³/mol. The highest BCUT2D eigenvalue weighted by atomic mass is 16.4. The van der Waals surface area contributed by atoms with Crippen LogP contribution in [0, 0.1) is 11.8 Å². The highest BCUT2D eigenvalue weighted by molar-refractivity contribution is 5.72. The average molecular weight is 241 g/mol. The smallest absolute Gasteiger partial charge is 0.320 e. The fourth-order valence-corrected chi connectivity index (χ4v) is 2.88. The maximum absolute atomic E-state index is 11.0. The van der Waals surface area contributed by atoms with Gasteiger partial charge in [0.1, 0.15) is 6.04 Å². The number of nitrogens with zero attached hydrogens (tertiary/aromatic N) is 1. The van der Waals surface area contributed by atoms with Gasteiger partial charge in [-0.25, -0.2) is 0 Å². The van der Waals surface area contributed by atoms with Crippen molar-refractivity contribution in [3.05, 3.63) is 0 Å². The standard InChI is InChI=1S/C14H27NO2/c1-10(2)12-6-5-7-13(9-8-12)15(4)11(3)14(16)17/h10-13H,5-9H2,1-4H3,(H,16,17). The fraction of sp³-hybridized carbons (Fsp3) is 0.929. The van der Waals surface area contributed by atoms with Crippen molar-refractivity contribution < 1.29 is 9.90 Å². The predicted octanol–water partition coefficient (Wildman–Crippen LogP) is 3.00. The van der Waals surface area contributed by atoms with E-state index in [9.17, 15) is 4.79 Å². The van der Waals surface area contributed by atoms with Crippen molar-refractivity contribution in [1.82, 2.24) is 4.90 Å². The molecular weight excluding hydrogens is 214 g/mol. The van der Waals surface area contributed by atoms with Crippen LogP contribution in [0.4, 0.5) is 0 Å². The van der Waals surface area contributed by atoms with Crippen LogP contribution >= 0.6 is 0 Å². The number of aliphatic carboxylic acids is 1. The summed E-state index contributed by atoms with van der Waals surface area (Å²) in [4.78, 5) is 13.0. The van der Waals surface area contributed by atoms with E-state index in [1.165, 1.54) is 19.3 Å². The van der Waals surface area contributed by atoms with Crippen LogP contribution in [0.3, 0.4) is 0 Å². The van der Waals surface area contributed by atoms with Crippen LogP contribution in [0.5, 0.6) is 0 Å². The molecule has 1 fully saturated rings. The fourth-order valence-electron chi connectivity index (χ4n) is 2.88. The molecule has 3 atom stereocenters. The van der Waals surface area contributed by atoms with E-state index in [0.717, 1.165) is 24.7 Å². The van der Waals surface area contributed by atoms with Crippen LogP contribution < -0.4 is 0 Å². The molecule has 0 saturated heterocycles. The average Bonchev–Trinajstić information content (AvgIpc) is 2.52. The first-order chi connectivity index (χ1) is 7.93. The summed E-state index contributed by atoms with van der Waals surface area (Å²) in [6, 6.07) is 0.0837. The summed E-state index contributed by atoms with van der Waals surface area (Å²) in [5.74, 6) is 0.877. The SMILES string of the molecule is CC(C)C1CCCC(N(C)C(C)C(=O)O)CC1. The third-order valence-electron chi connectivity index (χ3n) is 4.47. The Kier molecular flexibility index (Phi) is 5.44. The van der Waals surface area contributed by atoms with E-state index in [-0.39, 0.29) is 6.04 Å². The van der Waals surface area contributed by atoms with Crippen LogP contribution in [0.1, 0.15) is 52.9 Å². The molecule has 0 aromatic heterocycles. The van der Waals surface area contributed by atoms with E-state index in [1.54, 1.807) is 6.92 Å². The first-order valence-corrected chi connectivity index (χ1v) is 6.88. The lowest BCUT2D eigenvalue weighted by atomic mass is 9.89. The molecule has 1 aliphatic carbocycles. The topological polar surface area (TPSA) is 40.5 Å². The minimum atomic E-state index is -0.711. The molecule has 0 aliphatic heterocycles. The first kappa shape index (κ1) is 14.5. The summed E-state index contributed by atoms with van der Waals surface area (Å²) in [5, 5.41) is 9.05. The zero-order valence-electron chi connectivity index (χ0n) is 11.6. The van der Waals surface area contributed by atoms with Crippen LogP contribution in [-0.2, 0) is 4.79 Å². The molecule has 1 N–H and O–H groups in total. The van der Waals surface area contributed by atoms with Crippen LogP contribution in [0.25, 0.3) is 0 Å². The number of hydrogen-bond donors (Lipinski definition) is 1. The number of carboxylic acid groups (broad SMARTS) is 1. The van der Waals surface area contributed by atoms with Crippen molar-refractivity contribution in [3.63, 3.8) is 0 Å². The second-order valence-corrected chi connectivity index (χ2v) is 5.85. The number of rotatable bonds is 4. The van der Waals surface area contributed by atoms with E-state index in [2.05, 4.69) is 13.8 Å². The van der Waals surface area contributed by atoms with E-state index >= 15 is 0 Å². The summed E-state index contributed by atoms with van der Waals surface area (Å²) >= 11 is 0. The maximum Gasteiger partial charge on any atom is 0.320 e. The Morgan fingerprint density at radius 2 is 1.82 bits per heavy atom. The molecule has 3 heteroatoms. The van der Waals surface area contributed by atoms with Gasteiger partial charge in [-0.3, -0.25) is 9.69 Å². The van der Waals surface area contributed by atoms with Crippen molar-refractivity contribution in [2.45, 2.75) is 65.0 Å². The zero-order chi connectivity index (χ0) is 13.0. The lowest BCUT2D eigenvalue weighted by Gasteiger charge is -2.30. The van der Waals surface area contributed by atoms with Gasteiger partial charge in [0.15, 0.2) is 0 Å². The molecular formula is C14H27NO2. The molecule has 1 aliphatic rings. The number of carbonyl (C=O) groups is 1. The zero-order valence-corrected chi connectivity index (χ0v) is 11.6. The minimum Gasteiger partial charge on any atom is -0.480 e. The Bertz CT molecular complexity index is 253. The van der Waals surface area contributed by atoms with Crippen molar-refractivity contribution in [2.24, 2.45) is 11.8 Å². The van der Waals surface area contributed by atoms with Gasteiger partial charge in [0, 0.05) is 6.04 Å². The largest absolute Gasteiger partial charge is 0.480 e. The molecule has 0 spiro atoms. The Hall–Kier alpha value is -0.570. The minimum absolute atomic E-state index is 0.365. The van der Waals surface area contributed by atoms with E-state index in [4.69, 9.17) is 5.11 Å². The summed E-state index contributed by atoms with van der Waals surface area (Å²) < 4.78 is 0. The van der Waals surface area contributed by atoms with Crippen molar-refractivity contribution in [2.75, 3.05) is 7.05 Å². The maximum atomic E-state index is 11.0. The van der Waals surface area contributed by atoms with Crippen molar-refractivity contribution >= 4 is 5.97 Å². The Morgan fingerprint density at radius 1 is 1.18 bits per heavy atom. The summed E-state index contributed by atoms with van der Waals surface area (Å²) in [5.41, 5.74) is 0. The van der Waals surface area contributed by atoms with E-state index < -0.39 is 5.97 Å². The Morgan fingerprint density at radius 3 is 2.35 bits per heavy atom. The van der Waals surface area contributed by atoms with E-state index in [1.807, 2.05) is 11.9 Å². The lowest BCUT2D eigenvalue weighted by molar-refractivity contribution is -0.143. The monoisotopic (exact) mass is 241 g/mol. The van der Waals surface area contributed by atoms with Gasteiger partial charge in [-0.15, -0.1) is 0 Å². The van der Waals surface area contributed by atoms with Crippen LogP contribution in [0.15, 0.2) is 0 Å². The van der Waals surface area contributed by atoms with Gasteiger partial charge in [0.2, 0.25) is 0 Å². The molecule has 0 radical (unpaired) electrons. The molecule has 0 bridgehead atoms. The third-order valence-corrected chi connectivity index (χ3v) is 4.47. The summed E-state index contributed by atoms with van der Waals surface area (Å²) in [6.07, 6.45) is 6.10. The quantitative estimate of drug-likeness (QED) is 0.769. The molecule has 0 aromatic carbocycles. The molecule has 17 heavy (non-hydrogen) atoms. The molecule has 0 heterocycles. The van der Waals surface area contributed by atoms with Crippen molar-refractivity contribution in [3.8, 4) is 0 Å². The van der Waals surface area contributed by atoms with E-state index in [0.29, 0.717) is 6.04 Å². The highest BCUT2D eigenvalue weighted by Crippen LogP contribution is 2.30. The second kappa shape index (κ2) is 6.39. The molecule has 1 rings (SSSR count). The molecule has 100 valence electrons. The number of likely N-dealkylation sites (N-methyl/N-ethyl adjacent to an activating group) is 1. The number of carboxylic acids is 1. The number of hydrogen-bond acceptors (Lipinski definition) is 2. The first-order valence-electron chi connectivity index (χ1n) is 6.88. The van der Waals surface area contributed by atoms with Gasteiger partial charge in [0.25, 0.3) is 0 Å². The van der Waals surface area contributed by atoms with Gasteiger partial charge >= 0.3 is 5.97 Å². The van der Waals surface area contributed by atoms with Gasteiger partial charge in [0.05, 0.1) is 0 Å². The molecule has 3 unspecified atom stereocenters. The third kappa shape index (κ3) is 3.98. The Labute approximate surface area is 105 Å². The van der Waals surface area contributed by atoms with Crippen LogP contribution in [0.2, 0.25) is 0 Å². The normalized spacial score (nSPS) is 28.1. The summed E-state index contributed by atoms with van der Waals surface area (Å²) in [6.45, 7) is 6.39. The second-order valence-electron chi connectivity index (χ2n) is 5.85. The molecule has 1 saturated carbocycles. The van der Waals surface area contributed by atoms with Gasteiger partial charge in [-0.05, 0) is 45.1 Å².